The Balaban J connectivity index is 2.24. The van der Waals surface area contributed by atoms with Crippen LogP contribution >= 0.6 is 0 Å². The van der Waals surface area contributed by atoms with E-state index in [0.717, 1.165) is 24.8 Å². The zero-order valence-corrected chi connectivity index (χ0v) is 9.28. The van der Waals surface area contributed by atoms with Gasteiger partial charge in [0.1, 0.15) is 5.69 Å². The Morgan fingerprint density at radius 3 is 3.00 bits per heavy atom. The average Bonchev–Trinajstić information content (AvgIpc) is 2.57. The monoisotopic (exact) mass is 216 g/mol. The van der Waals surface area contributed by atoms with Crippen LogP contribution in [-0.2, 0) is 0 Å². The van der Waals surface area contributed by atoms with Crippen LogP contribution in [-0.4, -0.2) is 10.8 Å². The SMILES string of the molecule is Nc1cccnc1C(=O)C1=CCCCCC1. The molecule has 3 nitrogen and oxygen atoms in total. The summed E-state index contributed by atoms with van der Waals surface area (Å²) in [6.07, 6.45) is 8.97. The molecule has 0 radical (unpaired) electrons. The first-order chi connectivity index (χ1) is 7.79. The van der Waals surface area contributed by atoms with Gasteiger partial charge in [0.15, 0.2) is 0 Å². The molecule has 1 aliphatic rings. The summed E-state index contributed by atoms with van der Waals surface area (Å²) in [5, 5.41) is 0. The normalized spacial score (nSPS) is 16.4. The standard InChI is InChI=1S/C13H16N2O/c14-11-8-5-9-15-12(11)13(16)10-6-3-1-2-4-7-10/h5-6,8-9H,1-4,7,14H2. The summed E-state index contributed by atoms with van der Waals surface area (Å²) in [4.78, 5) is 16.2. The van der Waals surface area contributed by atoms with Crippen molar-refractivity contribution in [3.05, 3.63) is 35.7 Å². The first kappa shape index (κ1) is 10.9. The molecule has 0 spiro atoms. The van der Waals surface area contributed by atoms with Gasteiger partial charge < -0.3 is 5.73 Å². The molecule has 0 aromatic carbocycles. The number of allylic oxidation sites excluding steroid dienone is 2. The van der Waals surface area contributed by atoms with Gasteiger partial charge in [-0.25, -0.2) is 0 Å². The summed E-state index contributed by atoms with van der Waals surface area (Å²) in [5.74, 6) is 0.000000000000000444. The molecule has 0 saturated carbocycles. The lowest BCUT2D eigenvalue weighted by Crippen LogP contribution is -2.09. The fraction of sp³-hybridized carbons (Fsp3) is 0.385. The fourth-order valence-corrected chi connectivity index (χ4v) is 1.98. The third-order valence-electron chi connectivity index (χ3n) is 2.89. The molecule has 16 heavy (non-hydrogen) atoms. The Morgan fingerprint density at radius 2 is 2.19 bits per heavy atom. The fourth-order valence-electron chi connectivity index (χ4n) is 1.98. The van der Waals surface area contributed by atoms with Crippen LogP contribution in [0.15, 0.2) is 30.0 Å². The minimum atomic E-state index is 0.000000000000000444. The van der Waals surface area contributed by atoms with Crippen molar-refractivity contribution in [2.24, 2.45) is 0 Å². The van der Waals surface area contributed by atoms with E-state index < -0.39 is 0 Å². The van der Waals surface area contributed by atoms with Gasteiger partial charge in [0.2, 0.25) is 5.78 Å². The van der Waals surface area contributed by atoms with Crippen molar-refractivity contribution in [3.8, 4) is 0 Å². The number of aromatic nitrogens is 1. The molecule has 2 rings (SSSR count). The summed E-state index contributed by atoms with van der Waals surface area (Å²) in [7, 11) is 0. The summed E-state index contributed by atoms with van der Waals surface area (Å²) >= 11 is 0. The highest BCUT2D eigenvalue weighted by atomic mass is 16.1. The molecule has 0 aliphatic heterocycles. The number of anilines is 1. The van der Waals surface area contributed by atoms with E-state index in [1.165, 1.54) is 12.8 Å². The summed E-state index contributed by atoms with van der Waals surface area (Å²) in [6, 6.07) is 3.46. The number of pyridine rings is 1. The van der Waals surface area contributed by atoms with Gasteiger partial charge in [-0.1, -0.05) is 12.5 Å². The van der Waals surface area contributed by atoms with Crippen LogP contribution < -0.4 is 5.73 Å². The van der Waals surface area contributed by atoms with Gasteiger partial charge in [0.05, 0.1) is 5.69 Å². The van der Waals surface area contributed by atoms with Gasteiger partial charge in [-0.05, 0) is 43.4 Å². The van der Waals surface area contributed by atoms with Crippen molar-refractivity contribution in [1.29, 1.82) is 0 Å². The first-order valence-electron chi connectivity index (χ1n) is 5.73. The first-order valence-corrected chi connectivity index (χ1v) is 5.73. The summed E-state index contributed by atoms with van der Waals surface area (Å²) in [5.41, 5.74) is 7.50. The third kappa shape index (κ3) is 2.30. The second-order valence-corrected chi connectivity index (χ2v) is 4.10. The minimum Gasteiger partial charge on any atom is -0.397 e. The molecular weight excluding hydrogens is 200 g/mol. The van der Waals surface area contributed by atoms with Crippen molar-refractivity contribution in [3.63, 3.8) is 0 Å². The molecule has 84 valence electrons. The number of nitrogen functional groups attached to an aromatic ring is 1. The Morgan fingerprint density at radius 1 is 1.31 bits per heavy atom. The van der Waals surface area contributed by atoms with Crippen molar-refractivity contribution in [2.45, 2.75) is 32.1 Å². The lowest BCUT2D eigenvalue weighted by molar-refractivity contribution is 0.102. The second kappa shape index (κ2) is 4.92. The number of hydrogen-bond donors (Lipinski definition) is 1. The summed E-state index contributed by atoms with van der Waals surface area (Å²) in [6.45, 7) is 0. The Bertz CT molecular complexity index is 424. The quantitative estimate of drug-likeness (QED) is 0.773. The molecule has 0 fully saturated rings. The maximum atomic E-state index is 12.2. The van der Waals surface area contributed by atoms with Crippen LogP contribution in [0.3, 0.4) is 0 Å². The van der Waals surface area contributed by atoms with E-state index in [0.29, 0.717) is 11.4 Å². The zero-order chi connectivity index (χ0) is 11.4. The van der Waals surface area contributed by atoms with E-state index >= 15 is 0 Å². The Hall–Kier alpha value is -1.64. The van der Waals surface area contributed by atoms with E-state index in [1.807, 2.05) is 6.08 Å². The predicted octanol–water partition coefficient (Wildman–Crippen LogP) is 2.74. The Labute approximate surface area is 95.4 Å². The predicted molar refractivity (Wildman–Crippen MR) is 64.1 cm³/mol. The van der Waals surface area contributed by atoms with E-state index in [2.05, 4.69) is 4.98 Å². The van der Waals surface area contributed by atoms with Crippen molar-refractivity contribution >= 4 is 11.5 Å². The summed E-state index contributed by atoms with van der Waals surface area (Å²) < 4.78 is 0. The molecule has 0 bridgehead atoms. The maximum Gasteiger partial charge on any atom is 0.209 e. The van der Waals surface area contributed by atoms with Crippen molar-refractivity contribution < 1.29 is 4.79 Å². The molecule has 2 N–H and O–H groups in total. The molecule has 1 aromatic heterocycles. The number of carbonyl (C=O) groups is 1. The van der Waals surface area contributed by atoms with Crippen molar-refractivity contribution in [2.75, 3.05) is 5.73 Å². The number of Topliss-reactive ketones (excluding diaryl/α,β-unsaturated/α-hetero) is 1. The lowest BCUT2D eigenvalue weighted by Gasteiger charge is -2.05. The third-order valence-corrected chi connectivity index (χ3v) is 2.89. The highest BCUT2D eigenvalue weighted by Crippen LogP contribution is 2.22. The number of hydrogen-bond acceptors (Lipinski definition) is 3. The van der Waals surface area contributed by atoms with E-state index in [1.54, 1.807) is 18.3 Å². The average molecular weight is 216 g/mol. The second-order valence-electron chi connectivity index (χ2n) is 4.10. The molecule has 0 amide bonds. The molecule has 1 aromatic rings. The maximum absolute atomic E-state index is 12.2. The van der Waals surface area contributed by atoms with E-state index in [4.69, 9.17) is 5.73 Å². The van der Waals surface area contributed by atoms with Gasteiger partial charge >= 0.3 is 0 Å². The molecule has 0 saturated heterocycles. The molecule has 1 aliphatic carbocycles. The van der Waals surface area contributed by atoms with Crippen LogP contribution in [0, 0.1) is 0 Å². The Kier molecular flexibility index (Phi) is 3.34. The number of ketones is 1. The van der Waals surface area contributed by atoms with Crippen LogP contribution in [0.1, 0.15) is 42.6 Å². The van der Waals surface area contributed by atoms with Crippen LogP contribution in [0.5, 0.6) is 0 Å². The zero-order valence-electron chi connectivity index (χ0n) is 9.28. The van der Waals surface area contributed by atoms with Gasteiger partial charge in [0.25, 0.3) is 0 Å². The van der Waals surface area contributed by atoms with Crippen LogP contribution in [0.2, 0.25) is 0 Å². The molecule has 0 unspecified atom stereocenters. The number of carbonyl (C=O) groups excluding carboxylic acids is 1. The molecular formula is C13H16N2O. The number of rotatable bonds is 2. The topological polar surface area (TPSA) is 56.0 Å². The van der Waals surface area contributed by atoms with Gasteiger partial charge in [-0.15, -0.1) is 0 Å². The highest BCUT2D eigenvalue weighted by molar-refractivity contribution is 6.10. The van der Waals surface area contributed by atoms with Crippen molar-refractivity contribution in [1.82, 2.24) is 4.98 Å². The van der Waals surface area contributed by atoms with E-state index in [-0.39, 0.29) is 5.78 Å². The van der Waals surface area contributed by atoms with Crippen LogP contribution in [0.4, 0.5) is 5.69 Å². The molecule has 0 atom stereocenters. The largest absolute Gasteiger partial charge is 0.397 e. The van der Waals surface area contributed by atoms with Crippen LogP contribution in [0.25, 0.3) is 0 Å². The van der Waals surface area contributed by atoms with Gasteiger partial charge in [0, 0.05) is 6.20 Å². The number of nitrogens with two attached hydrogens (primary N) is 1. The minimum absolute atomic E-state index is 0.000000000000000444. The van der Waals surface area contributed by atoms with Gasteiger partial charge in [-0.2, -0.15) is 0 Å². The highest BCUT2D eigenvalue weighted by Gasteiger charge is 2.16. The molecule has 3 heteroatoms. The number of nitrogens with zero attached hydrogens (tertiary/aromatic N) is 1. The lowest BCUT2D eigenvalue weighted by atomic mass is 10.0. The molecule has 1 heterocycles. The smallest absolute Gasteiger partial charge is 0.209 e. The van der Waals surface area contributed by atoms with E-state index in [9.17, 15) is 4.79 Å². The van der Waals surface area contributed by atoms with Gasteiger partial charge in [-0.3, -0.25) is 9.78 Å².